The van der Waals surface area contributed by atoms with E-state index in [0.717, 1.165) is 0 Å². The first-order valence-electron chi connectivity index (χ1n) is 5.80. The monoisotopic (exact) mass is 288 g/mol. The number of para-hydroxylation sites is 1. The maximum atomic E-state index is 13.4. The van der Waals surface area contributed by atoms with Crippen molar-refractivity contribution < 1.29 is 33.0 Å². The lowest BCUT2D eigenvalue weighted by molar-refractivity contribution is -0.188. The van der Waals surface area contributed by atoms with E-state index in [1.54, 1.807) is 18.2 Å². The van der Waals surface area contributed by atoms with Crippen LogP contribution in [0, 0.1) is 5.92 Å². The Labute approximate surface area is 114 Å². The smallest absolute Gasteiger partial charge is 0.477 e. The minimum atomic E-state index is -4.19. The molecule has 0 saturated carbocycles. The molecule has 0 amide bonds. The molecule has 1 atom stereocenters. The Hall–Kier alpha value is -2.18. The highest BCUT2D eigenvalue weighted by molar-refractivity contribution is 5.77. The van der Waals surface area contributed by atoms with Crippen LogP contribution in [0.3, 0.4) is 0 Å². The van der Waals surface area contributed by atoms with Gasteiger partial charge in [-0.25, -0.2) is 9.59 Å². The third-order valence-electron chi connectivity index (χ3n) is 2.42. The second-order valence-corrected chi connectivity index (χ2v) is 4.38. The van der Waals surface area contributed by atoms with Crippen LogP contribution < -0.4 is 4.74 Å². The Morgan fingerprint density at radius 1 is 1.20 bits per heavy atom. The van der Waals surface area contributed by atoms with Crippen LogP contribution in [0.15, 0.2) is 30.3 Å². The van der Waals surface area contributed by atoms with Crippen molar-refractivity contribution in [3.8, 4) is 5.75 Å². The number of rotatable bonds is 5. The van der Waals surface area contributed by atoms with Crippen molar-refractivity contribution in [2.45, 2.75) is 25.9 Å². The first-order chi connectivity index (χ1) is 9.25. The Morgan fingerprint density at radius 3 is 2.20 bits per heavy atom. The van der Waals surface area contributed by atoms with Gasteiger partial charge in [0.2, 0.25) is 0 Å². The van der Waals surface area contributed by atoms with Gasteiger partial charge in [-0.15, -0.1) is 0 Å². The molecule has 1 unspecified atom stereocenters. The molecule has 0 aliphatic rings. The van der Waals surface area contributed by atoms with Crippen molar-refractivity contribution >= 4 is 12.1 Å². The van der Waals surface area contributed by atoms with Gasteiger partial charge >= 0.3 is 18.0 Å². The van der Waals surface area contributed by atoms with Crippen molar-refractivity contribution in [1.82, 2.24) is 0 Å². The summed E-state index contributed by atoms with van der Waals surface area (Å²) in [7, 11) is 0. The van der Waals surface area contributed by atoms with Crippen LogP contribution in [0.1, 0.15) is 13.8 Å². The number of carboxylic acid groups (broad SMARTS) is 1. The van der Waals surface area contributed by atoms with Crippen molar-refractivity contribution in [2.24, 2.45) is 5.92 Å². The van der Waals surface area contributed by atoms with E-state index in [1.807, 2.05) is 0 Å². The molecular weight excluding hydrogens is 274 g/mol. The summed E-state index contributed by atoms with van der Waals surface area (Å²) >= 11 is 0. The molecule has 0 aliphatic carbocycles. The molecule has 0 saturated heterocycles. The molecule has 110 valence electrons. The minimum Gasteiger partial charge on any atom is -0.477 e. The fraction of sp³-hybridized carbons (Fsp3) is 0.385. The lowest BCUT2D eigenvalue weighted by Gasteiger charge is -2.25. The summed E-state index contributed by atoms with van der Waals surface area (Å²) in [6.07, 6.45) is -3.49. The van der Waals surface area contributed by atoms with E-state index in [9.17, 15) is 18.4 Å². The summed E-state index contributed by atoms with van der Waals surface area (Å²) in [5.41, 5.74) is 0. The van der Waals surface area contributed by atoms with Gasteiger partial charge in [-0.05, 0) is 18.1 Å². The molecule has 0 radical (unpaired) electrons. The van der Waals surface area contributed by atoms with Crippen LogP contribution in [0.4, 0.5) is 13.6 Å². The molecule has 0 spiro atoms. The Kier molecular flexibility index (Phi) is 5.01. The van der Waals surface area contributed by atoms with Crippen molar-refractivity contribution in [3.63, 3.8) is 0 Å². The number of aliphatic carboxylic acids is 1. The highest BCUT2D eigenvalue weighted by Crippen LogP contribution is 2.28. The predicted molar refractivity (Wildman–Crippen MR) is 64.8 cm³/mol. The summed E-state index contributed by atoms with van der Waals surface area (Å²) in [6.45, 7) is 2.63. The summed E-state index contributed by atoms with van der Waals surface area (Å²) in [6, 6.07) is 7.69. The molecule has 20 heavy (non-hydrogen) atoms. The van der Waals surface area contributed by atoms with Crippen LogP contribution in [-0.2, 0) is 9.53 Å². The lowest BCUT2D eigenvalue weighted by atomic mass is 10.0. The number of hydrogen-bond donors (Lipinski definition) is 1. The Balaban J connectivity index is 2.77. The molecule has 0 aromatic heterocycles. The van der Waals surface area contributed by atoms with E-state index in [1.165, 1.54) is 26.0 Å². The Bertz CT molecular complexity index is 473. The molecule has 7 heteroatoms. The van der Waals surface area contributed by atoms with Crippen LogP contribution in [0.25, 0.3) is 0 Å². The molecule has 0 aliphatic heterocycles. The average Bonchev–Trinajstić information content (AvgIpc) is 2.36. The number of alkyl halides is 2. The van der Waals surface area contributed by atoms with Gasteiger partial charge in [0, 0.05) is 0 Å². The molecule has 1 rings (SSSR count). The maximum absolute atomic E-state index is 13.4. The predicted octanol–water partition coefficient (Wildman–Crippen LogP) is 2.95. The van der Waals surface area contributed by atoms with Crippen LogP contribution in [-0.4, -0.2) is 29.3 Å². The third kappa shape index (κ3) is 3.91. The Morgan fingerprint density at radius 2 is 1.75 bits per heavy atom. The van der Waals surface area contributed by atoms with Crippen molar-refractivity contribution in [2.75, 3.05) is 0 Å². The van der Waals surface area contributed by atoms with Gasteiger partial charge in [0.05, 0.1) is 0 Å². The van der Waals surface area contributed by atoms with Gasteiger partial charge in [-0.1, -0.05) is 32.0 Å². The first kappa shape index (κ1) is 15.9. The standard InChI is InChI=1S/C13H14F2O5/c1-8(2)10(13(14,15)11(16)17)20-12(18)19-9-6-4-3-5-7-9/h3-8,10H,1-2H3,(H,16,17). The second-order valence-electron chi connectivity index (χ2n) is 4.38. The highest BCUT2D eigenvalue weighted by atomic mass is 19.3. The van der Waals surface area contributed by atoms with E-state index in [2.05, 4.69) is 9.47 Å². The van der Waals surface area contributed by atoms with Gasteiger partial charge in [-0.2, -0.15) is 8.78 Å². The van der Waals surface area contributed by atoms with E-state index >= 15 is 0 Å². The van der Waals surface area contributed by atoms with Gasteiger partial charge in [-0.3, -0.25) is 0 Å². The molecule has 1 aromatic rings. The molecule has 0 fully saturated rings. The minimum absolute atomic E-state index is 0.110. The van der Waals surface area contributed by atoms with E-state index in [4.69, 9.17) is 5.11 Å². The fourth-order valence-electron chi connectivity index (χ4n) is 1.46. The zero-order valence-electron chi connectivity index (χ0n) is 10.9. The fourth-order valence-corrected chi connectivity index (χ4v) is 1.46. The lowest BCUT2D eigenvalue weighted by Crippen LogP contribution is -2.47. The summed E-state index contributed by atoms with van der Waals surface area (Å²) < 4.78 is 36.0. The average molecular weight is 288 g/mol. The van der Waals surface area contributed by atoms with E-state index in [0.29, 0.717) is 0 Å². The number of carboxylic acids is 1. The SMILES string of the molecule is CC(C)C(OC(=O)Oc1ccccc1)C(F)(F)C(=O)O. The number of benzene rings is 1. The van der Waals surface area contributed by atoms with E-state index < -0.39 is 30.1 Å². The number of hydrogen-bond acceptors (Lipinski definition) is 4. The molecular formula is C13H14F2O5. The quantitative estimate of drug-likeness (QED) is 0.666. The summed E-state index contributed by atoms with van der Waals surface area (Å²) in [4.78, 5) is 22.0. The van der Waals surface area contributed by atoms with Gasteiger partial charge < -0.3 is 14.6 Å². The van der Waals surface area contributed by atoms with Crippen LogP contribution in [0.5, 0.6) is 5.75 Å². The number of carbonyl (C=O) groups is 2. The number of ether oxygens (including phenoxy) is 2. The van der Waals surface area contributed by atoms with Gasteiger partial charge in [0.1, 0.15) is 5.75 Å². The number of halogens is 2. The topological polar surface area (TPSA) is 72.8 Å². The molecule has 1 N–H and O–H groups in total. The molecule has 5 nitrogen and oxygen atoms in total. The maximum Gasteiger partial charge on any atom is 0.514 e. The van der Waals surface area contributed by atoms with Crippen LogP contribution in [0.2, 0.25) is 0 Å². The molecule has 0 heterocycles. The number of carbonyl (C=O) groups excluding carboxylic acids is 1. The third-order valence-corrected chi connectivity index (χ3v) is 2.42. The van der Waals surface area contributed by atoms with Gasteiger partial charge in [0.15, 0.2) is 6.10 Å². The van der Waals surface area contributed by atoms with Crippen molar-refractivity contribution in [3.05, 3.63) is 30.3 Å². The zero-order valence-corrected chi connectivity index (χ0v) is 10.9. The van der Waals surface area contributed by atoms with E-state index in [-0.39, 0.29) is 5.75 Å². The normalized spacial score (nSPS) is 12.8. The van der Waals surface area contributed by atoms with Crippen LogP contribution >= 0.6 is 0 Å². The summed E-state index contributed by atoms with van der Waals surface area (Å²) in [5.74, 6) is -7.34. The highest BCUT2D eigenvalue weighted by Gasteiger charge is 2.52. The van der Waals surface area contributed by atoms with Crippen molar-refractivity contribution in [1.29, 1.82) is 0 Å². The van der Waals surface area contributed by atoms with Gasteiger partial charge in [0.25, 0.3) is 0 Å². The second kappa shape index (κ2) is 6.31. The molecule has 0 bridgehead atoms. The zero-order chi connectivity index (χ0) is 15.3. The largest absolute Gasteiger partial charge is 0.514 e. The molecule has 1 aromatic carbocycles. The first-order valence-corrected chi connectivity index (χ1v) is 5.80. The summed E-state index contributed by atoms with van der Waals surface area (Å²) in [5, 5.41) is 8.48.